The van der Waals surface area contributed by atoms with E-state index in [0.29, 0.717) is 11.7 Å². The Morgan fingerprint density at radius 3 is 2.52 bits per heavy atom. The van der Waals surface area contributed by atoms with Gasteiger partial charge in [-0.3, -0.25) is 0 Å². The lowest BCUT2D eigenvalue weighted by Gasteiger charge is -2.14. The molecular formula is C17H28N2OS. The molecule has 0 spiro atoms. The molecule has 0 saturated carbocycles. The van der Waals surface area contributed by atoms with Crippen molar-refractivity contribution < 1.29 is 4.74 Å². The number of anilines is 1. The predicted octanol–water partition coefficient (Wildman–Crippen LogP) is 4.73. The third-order valence-electron chi connectivity index (χ3n) is 3.25. The standard InChI is InChI=1S/C17H28N2OS/c1-3-5-6-7-8-11-14-18-17(21)19-15-12-9-10-13-16(15)20-4-2/h9-10,12-13H,3-8,11,14H2,1-2H3,(H2,18,19,21). The minimum atomic E-state index is 0.649. The Labute approximate surface area is 134 Å². The molecule has 21 heavy (non-hydrogen) atoms. The van der Waals surface area contributed by atoms with Crippen LogP contribution in [0.3, 0.4) is 0 Å². The van der Waals surface area contributed by atoms with Gasteiger partial charge in [-0.25, -0.2) is 0 Å². The monoisotopic (exact) mass is 308 g/mol. The molecule has 3 nitrogen and oxygen atoms in total. The van der Waals surface area contributed by atoms with Crippen LogP contribution >= 0.6 is 12.2 Å². The van der Waals surface area contributed by atoms with E-state index in [1.807, 2.05) is 31.2 Å². The second-order valence-electron chi connectivity index (χ2n) is 5.08. The Morgan fingerprint density at radius 2 is 1.76 bits per heavy atom. The smallest absolute Gasteiger partial charge is 0.170 e. The van der Waals surface area contributed by atoms with E-state index in [4.69, 9.17) is 17.0 Å². The van der Waals surface area contributed by atoms with E-state index in [2.05, 4.69) is 17.6 Å². The molecule has 1 rings (SSSR count). The van der Waals surface area contributed by atoms with Gasteiger partial charge in [0.15, 0.2) is 5.11 Å². The molecule has 0 aliphatic heterocycles. The molecule has 0 atom stereocenters. The molecule has 2 N–H and O–H groups in total. The lowest BCUT2D eigenvalue weighted by atomic mass is 10.1. The lowest BCUT2D eigenvalue weighted by molar-refractivity contribution is 0.342. The van der Waals surface area contributed by atoms with Gasteiger partial charge in [0.25, 0.3) is 0 Å². The highest BCUT2D eigenvalue weighted by Gasteiger charge is 2.03. The zero-order valence-electron chi connectivity index (χ0n) is 13.3. The first kappa shape index (κ1) is 17.8. The number of para-hydroxylation sites is 2. The van der Waals surface area contributed by atoms with Crippen molar-refractivity contribution >= 4 is 23.0 Å². The molecule has 118 valence electrons. The van der Waals surface area contributed by atoms with Crippen LogP contribution in [-0.2, 0) is 0 Å². The zero-order valence-corrected chi connectivity index (χ0v) is 14.1. The van der Waals surface area contributed by atoms with Crippen LogP contribution in [0.25, 0.3) is 0 Å². The maximum atomic E-state index is 5.57. The molecule has 0 fully saturated rings. The van der Waals surface area contributed by atoms with Crippen LogP contribution in [0.15, 0.2) is 24.3 Å². The topological polar surface area (TPSA) is 33.3 Å². The first-order chi connectivity index (χ1) is 10.3. The maximum Gasteiger partial charge on any atom is 0.170 e. The summed E-state index contributed by atoms with van der Waals surface area (Å²) in [4.78, 5) is 0. The van der Waals surface area contributed by atoms with Crippen LogP contribution in [-0.4, -0.2) is 18.3 Å². The Kier molecular flexibility index (Phi) is 9.62. The highest BCUT2D eigenvalue weighted by atomic mass is 32.1. The molecular weight excluding hydrogens is 280 g/mol. The summed E-state index contributed by atoms with van der Waals surface area (Å²) in [6.07, 6.45) is 7.75. The number of hydrogen-bond acceptors (Lipinski definition) is 2. The van der Waals surface area contributed by atoms with E-state index in [-0.39, 0.29) is 0 Å². The number of rotatable bonds is 10. The molecule has 0 aliphatic carbocycles. The predicted molar refractivity (Wildman–Crippen MR) is 95.2 cm³/mol. The summed E-state index contributed by atoms with van der Waals surface area (Å²) in [5, 5.41) is 7.12. The minimum Gasteiger partial charge on any atom is -0.492 e. The van der Waals surface area contributed by atoms with Gasteiger partial charge in [-0.2, -0.15) is 0 Å². The lowest BCUT2D eigenvalue weighted by Crippen LogP contribution is -2.29. The molecule has 0 bridgehead atoms. The summed E-state index contributed by atoms with van der Waals surface area (Å²) in [5.41, 5.74) is 0.916. The van der Waals surface area contributed by atoms with Gasteiger partial charge in [0.05, 0.1) is 12.3 Å². The molecule has 0 saturated heterocycles. The summed E-state index contributed by atoms with van der Waals surface area (Å²) in [6.45, 7) is 5.79. The number of unbranched alkanes of at least 4 members (excludes halogenated alkanes) is 5. The highest BCUT2D eigenvalue weighted by molar-refractivity contribution is 7.80. The van der Waals surface area contributed by atoms with Gasteiger partial charge in [0.1, 0.15) is 5.75 Å². The van der Waals surface area contributed by atoms with Crippen molar-refractivity contribution in [3.8, 4) is 5.75 Å². The maximum absolute atomic E-state index is 5.57. The quantitative estimate of drug-likeness (QED) is 0.483. The van der Waals surface area contributed by atoms with Gasteiger partial charge in [-0.05, 0) is 37.7 Å². The molecule has 0 radical (unpaired) electrons. The molecule has 1 aromatic rings. The molecule has 1 aromatic carbocycles. The second-order valence-corrected chi connectivity index (χ2v) is 5.49. The molecule has 0 heterocycles. The molecule has 4 heteroatoms. The fourth-order valence-corrected chi connectivity index (χ4v) is 2.34. The van der Waals surface area contributed by atoms with E-state index in [9.17, 15) is 0 Å². The van der Waals surface area contributed by atoms with Gasteiger partial charge in [0, 0.05) is 6.54 Å². The van der Waals surface area contributed by atoms with Crippen LogP contribution in [0.4, 0.5) is 5.69 Å². The highest BCUT2D eigenvalue weighted by Crippen LogP contribution is 2.23. The Bertz CT molecular complexity index is 410. The van der Waals surface area contributed by atoms with E-state index in [1.54, 1.807) is 0 Å². The van der Waals surface area contributed by atoms with Crippen molar-refractivity contribution in [3.05, 3.63) is 24.3 Å². The van der Waals surface area contributed by atoms with Crippen molar-refractivity contribution in [1.29, 1.82) is 0 Å². The van der Waals surface area contributed by atoms with Gasteiger partial charge in [-0.15, -0.1) is 0 Å². The average Bonchev–Trinajstić information content (AvgIpc) is 2.48. The van der Waals surface area contributed by atoms with Gasteiger partial charge in [0.2, 0.25) is 0 Å². The van der Waals surface area contributed by atoms with Crippen molar-refractivity contribution in [1.82, 2.24) is 5.32 Å². The molecule has 0 aromatic heterocycles. The summed E-state index contributed by atoms with van der Waals surface area (Å²) in [7, 11) is 0. The van der Waals surface area contributed by atoms with E-state index >= 15 is 0 Å². The van der Waals surface area contributed by atoms with Gasteiger partial charge >= 0.3 is 0 Å². The fraction of sp³-hybridized carbons (Fsp3) is 0.588. The minimum absolute atomic E-state index is 0.649. The normalized spacial score (nSPS) is 10.2. The van der Waals surface area contributed by atoms with Crippen LogP contribution in [0, 0.1) is 0 Å². The first-order valence-electron chi connectivity index (χ1n) is 8.04. The number of thiocarbonyl (C=S) groups is 1. The molecule has 0 amide bonds. The zero-order chi connectivity index (χ0) is 15.3. The molecule has 0 aliphatic rings. The fourth-order valence-electron chi connectivity index (χ4n) is 2.13. The summed E-state index contributed by atoms with van der Waals surface area (Å²) < 4.78 is 5.57. The van der Waals surface area contributed by atoms with Crippen LogP contribution < -0.4 is 15.4 Å². The Morgan fingerprint density at radius 1 is 1.05 bits per heavy atom. The molecule has 0 unspecified atom stereocenters. The second kappa shape index (κ2) is 11.4. The average molecular weight is 308 g/mol. The largest absolute Gasteiger partial charge is 0.492 e. The number of benzene rings is 1. The summed E-state index contributed by atoms with van der Waals surface area (Å²) >= 11 is 5.32. The van der Waals surface area contributed by atoms with Crippen LogP contribution in [0.1, 0.15) is 52.4 Å². The van der Waals surface area contributed by atoms with Gasteiger partial charge in [-0.1, -0.05) is 51.2 Å². The van der Waals surface area contributed by atoms with E-state index in [0.717, 1.165) is 18.0 Å². The third-order valence-corrected chi connectivity index (χ3v) is 3.50. The van der Waals surface area contributed by atoms with E-state index < -0.39 is 0 Å². The Balaban J connectivity index is 2.21. The third kappa shape index (κ3) is 7.90. The SMILES string of the molecule is CCCCCCCCNC(=S)Nc1ccccc1OCC. The first-order valence-corrected chi connectivity index (χ1v) is 8.45. The number of ether oxygens (including phenoxy) is 1. The van der Waals surface area contributed by atoms with Crippen LogP contribution in [0.5, 0.6) is 5.75 Å². The summed E-state index contributed by atoms with van der Waals surface area (Å²) in [5.74, 6) is 0.837. The number of hydrogen-bond donors (Lipinski definition) is 2. The van der Waals surface area contributed by atoms with Gasteiger partial charge < -0.3 is 15.4 Å². The van der Waals surface area contributed by atoms with Crippen LogP contribution in [0.2, 0.25) is 0 Å². The Hall–Kier alpha value is -1.29. The van der Waals surface area contributed by atoms with Crippen molar-refractivity contribution in [2.24, 2.45) is 0 Å². The summed E-state index contributed by atoms with van der Waals surface area (Å²) in [6, 6.07) is 7.86. The number of nitrogens with one attached hydrogen (secondary N) is 2. The van der Waals surface area contributed by atoms with E-state index in [1.165, 1.54) is 38.5 Å². The van der Waals surface area contributed by atoms with Crippen molar-refractivity contribution in [3.63, 3.8) is 0 Å². The van der Waals surface area contributed by atoms with Crippen molar-refractivity contribution in [2.75, 3.05) is 18.5 Å². The van der Waals surface area contributed by atoms with Crippen molar-refractivity contribution in [2.45, 2.75) is 52.4 Å².